The van der Waals surface area contributed by atoms with Gasteiger partial charge in [0, 0.05) is 19.2 Å². The van der Waals surface area contributed by atoms with E-state index in [1.807, 2.05) is 31.2 Å². The molecule has 1 heterocycles. The van der Waals surface area contributed by atoms with Crippen LogP contribution in [0.3, 0.4) is 0 Å². The molecule has 0 bridgehead atoms. The molecule has 0 fully saturated rings. The molecule has 5 nitrogen and oxygen atoms in total. The Hall–Kier alpha value is -2.14. The van der Waals surface area contributed by atoms with Crippen LogP contribution in [-0.2, 0) is 13.1 Å². The fourth-order valence-electron chi connectivity index (χ4n) is 1.72. The second-order valence-electron chi connectivity index (χ2n) is 4.24. The first kappa shape index (κ1) is 13.3. The standard InChI is InChI=1S/C14H17N3O2/c1-10-7-17-13(19-10)9-16-8-11-3-5-12(6-4-11)14(18)15-2/h3-7,16H,8-9H2,1-2H3,(H,15,18). The van der Waals surface area contributed by atoms with E-state index in [4.69, 9.17) is 4.42 Å². The Morgan fingerprint density at radius 2 is 2.00 bits per heavy atom. The summed E-state index contributed by atoms with van der Waals surface area (Å²) >= 11 is 0. The number of rotatable bonds is 5. The van der Waals surface area contributed by atoms with E-state index in [1.54, 1.807) is 13.2 Å². The molecule has 5 heteroatoms. The fraction of sp³-hybridized carbons (Fsp3) is 0.286. The summed E-state index contributed by atoms with van der Waals surface area (Å²) in [4.78, 5) is 15.5. The predicted molar refractivity (Wildman–Crippen MR) is 71.6 cm³/mol. The number of hydrogen-bond acceptors (Lipinski definition) is 4. The van der Waals surface area contributed by atoms with Crippen LogP contribution in [0, 0.1) is 6.92 Å². The van der Waals surface area contributed by atoms with Crippen LogP contribution in [0.5, 0.6) is 0 Å². The van der Waals surface area contributed by atoms with Crippen LogP contribution in [0.15, 0.2) is 34.9 Å². The minimum absolute atomic E-state index is 0.0743. The Morgan fingerprint density at radius 3 is 2.58 bits per heavy atom. The number of benzene rings is 1. The molecule has 0 aliphatic heterocycles. The Bertz CT molecular complexity index is 546. The molecule has 0 spiro atoms. The minimum atomic E-state index is -0.0743. The van der Waals surface area contributed by atoms with Gasteiger partial charge in [-0.2, -0.15) is 0 Å². The molecule has 1 amide bonds. The molecule has 1 aromatic carbocycles. The largest absolute Gasteiger partial charge is 0.445 e. The van der Waals surface area contributed by atoms with Gasteiger partial charge in [-0.05, 0) is 24.6 Å². The van der Waals surface area contributed by atoms with Gasteiger partial charge in [0.25, 0.3) is 5.91 Å². The first-order valence-corrected chi connectivity index (χ1v) is 6.12. The number of carbonyl (C=O) groups excluding carboxylic acids is 1. The maximum atomic E-state index is 11.4. The van der Waals surface area contributed by atoms with Gasteiger partial charge in [0.05, 0.1) is 12.7 Å². The zero-order valence-corrected chi connectivity index (χ0v) is 11.1. The lowest BCUT2D eigenvalue weighted by molar-refractivity contribution is 0.0963. The molecule has 0 atom stereocenters. The van der Waals surface area contributed by atoms with Crippen LogP contribution in [0.25, 0.3) is 0 Å². The highest BCUT2D eigenvalue weighted by Gasteiger charge is 2.03. The van der Waals surface area contributed by atoms with E-state index in [9.17, 15) is 4.79 Å². The molecule has 0 saturated carbocycles. The van der Waals surface area contributed by atoms with Crippen molar-refractivity contribution in [2.45, 2.75) is 20.0 Å². The third kappa shape index (κ3) is 3.66. The number of carbonyl (C=O) groups is 1. The summed E-state index contributed by atoms with van der Waals surface area (Å²) in [5.41, 5.74) is 1.77. The molecular formula is C14H17N3O2. The van der Waals surface area contributed by atoms with Gasteiger partial charge in [-0.25, -0.2) is 4.98 Å². The molecule has 19 heavy (non-hydrogen) atoms. The van der Waals surface area contributed by atoms with Gasteiger partial charge in [0.15, 0.2) is 0 Å². The summed E-state index contributed by atoms with van der Waals surface area (Å²) in [7, 11) is 1.62. The maximum Gasteiger partial charge on any atom is 0.251 e. The summed E-state index contributed by atoms with van der Waals surface area (Å²) in [5, 5.41) is 5.83. The van der Waals surface area contributed by atoms with Crippen molar-refractivity contribution in [2.75, 3.05) is 7.05 Å². The van der Waals surface area contributed by atoms with E-state index >= 15 is 0 Å². The predicted octanol–water partition coefficient (Wildman–Crippen LogP) is 1.63. The third-order valence-electron chi connectivity index (χ3n) is 2.72. The van der Waals surface area contributed by atoms with E-state index in [0.717, 1.165) is 11.3 Å². The lowest BCUT2D eigenvalue weighted by Gasteiger charge is -2.04. The lowest BCUT2D eigenvalue weighted by Crippen LogP contribution is -2.18. The Labute approximate surface area is 112 Å². The van der Waals surface area contributed by atoms with E-state index in [1.165, 1.54) is 0 Å². The normalized spacial score (nSPS) is 10.4. The highest BCUT2D eigenvalue weighted by Crippen LogP contribution is 2.05. The Kier molecular flexibility index (Phi) is 4.30. The van der Waals surface area contributed by atoms with Crippen LogP contribution in [0.4, 0.5) is 0 Å². The van der Waals surface area contributed by atoms with Crippen molar-refractivity contribution < 1.29 is 9.21 Å². The van der Waals surface area contributed by atoms with Crippen LogP contribution in [0.2, 0.25) is 0 Å². The Balaban J connectivity index is 1.84. The molecule has 0 unspecified atom stereocenters. The number of aromatic nitrogens is 1. The summed E-state index contributed by atoms with van der Waals surface area (Å²) in [6, 6.07) is 7.48. The number of nitrogens with one attached hydrogen (secondary N) is 2. The monoisotopic (exact) mass is 259 g/mol. The molecule has 100 valence electrons. The molecule has 0 saturated heterocycles. The van der Waals surface area contributed by atoms with Crippen molar-refractivity contribution in [3.63, 3.8) is 0 Å². The molecule has 2 aromatic rings. The number of hydrogen-bond donors (Lipinski definition) is 2. The van der Waals surface area contributed by atoms with Crippen LogP contribution >= 0.6 is 0 Å². The topological polar surface area (TPSA) is 67.2 Å². The lowest BCUT2D eigenvalue weighted by atomic mass is 10.1. The quantitative estimate of drug-likeness (QED) is 0.856. The number of oxazole rings is 1. The molecule has 0 aliphatic rings. The minimum Gasteiger partial charge on any atom is -0.445 e. The van der Waals surface area contributed by atoms with Crippen molar-refractivity contribution in [1.82, 2.24) is 15.6 Å². The smallest absolute Gasteiger partial charge is 0.251 e. The van der Waals surface area contributed by atoms with Crippen molar-refractivity contribution in [2.24, 2.45) is 0 Å². The SMILES string of the molecule is CNC(=O)c1ccc(CNCc2ncc(C)o2)cc1. The van der Waals surface area contributed by atoms with Gasteiger partial charge in [-0.1, -0.05) is 12.1 Å². The fourth-order valence-corrected chi connectivity index (χ4v) is 1.72. The van der Waals surface area contributed by atoms with Gasteiger partial charge in [0.2, 0.25) is 5.89 Å². The van der Waals surface area contributed by atoms with E-state index in [-0.39, 0.29) is 5.91 Å². The van der Waals surface area contributed by atoms with Gasteiger partial charge in [0.1, 0.15) is 5.76 Å². The van der Waals surface area contributed by atoms with Crippen LogP contribution in [-0.4, -0.2) is 17.9 Å². The van der Waals surface area contributed by atoms with E-state index < -0.39 is 0 Å². The molecule has 0 radical (unpaired) electrons. The van der Waals surface area contributed by atoms with Gasteiger partial charge < -0.3 is 15.1 Å². The number of amides is 1. The first-order chi connectivity index (χ1) is 9.19. The third-order valence-corrected chi connectivity index (χ3v) is 2.72. The molecule has 2 N–H and O–H groups in total. The van der Waals surface area contributed by atoms with Gasteiger partial charge >= 0.3 is 0 Å². The highest BCUT2D eigenvalue weighted by molar-refractivity contribution is 5.93. The zero-order chi connectivity index (χ0) is 13.7. The summed E-state index contributed by atoms with van der Waals surface area (Å²) < 4.78 is 5.36. The van der Waals surface area contributed by atoms with E-state index in [0.29, 0.717) is 24.5 Å². The highest BCUT2D eigenvalue weighted by atomic mass is 16.4. The molecule has 1 aromatic heterocycles. The van der Waals surface area contributed by atoms with Gasteiger partial charge in [-0.15, -0.1) is 0 Å². The van der Waals surface area contributed by atoms with Crippen LogP contribution < -0.4 is 10.6 Å². The van der Waals surface area contributed by atoms with Crippen molar-refractivity contribution in [1.29, 1.82) is 0 Å². The number of aryl methyl sites for hydroxylation is 1. The average Bonchev–Trinajstić information content (AvgIpc) is 2.84. The van der Waals surface area contributed by atoms with E-state index in [2.05, 4.69) is 15.6 Å². The van der Waals surface area contributed by atoms with Crippen LogP contribution in [0.1, 0.15) is 27.6 Å². The maximum absolute atomic E-state index is 11.4. The molecule has 0 aliphatic carbocycles. The average molecular weight is 259 g/mol. The second kappa shape index (κ2) is 6.15. The summed E-state index contributed by atoms with van der Waals surface area (Å²) in [5.74, 6) is 1.42. The summed E-state index contributed by atoms with van der Waals surface area (Å²) in [6.07, 6.45) is 1.70. The van der Waals surface area contributed by atoms with Gasteiger partial charge in [-0.3, -0.25) is 4.79 Å². The number of nitrogens with zero attached hydrogens (tertiary/aromatic N) is 1. The second-order valence-corrected chi connectivity index (χ2v) is 4.24. The van der Waals surface area contributed by atoms with Crippen molar-refractivity contribution in [3.8, 4) is 0 Å². The molecule has 2 rings (SSSR count). The zero-order valence-electron chi connectivity index (χ0n) is 11.1. The molecular weight excluding hydrogens is 242 g/mol. The van der Waals surface area contributed by atoms with Crippen molar-refractivity contribution >= 4 is 5.91 Å². The van der Waals surface area contributed by atoms with Crippen molar-refractivity contribution in [3.05, 3.63) is 53.2 Å². The summed E-state index contributed by atoms with van der Waals surface area (Å²) in [6.45, 7) is 3.16. The first-order valence-electron chi connectivity index (χ1n) is 6.12. The Morgan fingerprint density at radius 1 is 1.26 bits per heavy atom.